The molecule has 0 saturated heterocycles. The summed E-state index contributed by atoms with van der Waals surface area (Å²) >= 11 is 0. The third-order valence-electron chi connectivity index (χ3n) is 3.90. The summed E-state index contributed by atoms with van der Waals surface area (Å²) < 4.78 is 0. The molecule has 24 heavy (non-hydrogen) atoms. The summed E-state index contributed by atoms with van der Waals surface area (Å²) in [5.74, 6) is 0.610. The Hall–Kier alpha value is -2.69. The third-order valence-corrected chi connectivity index (χ3v) is 3.90. The van der Waals surface area contributed by atoms with E-state index in [9.17, 15) is 9.59 Å². The molecule has 0 fully saturated rings. The van der Waals surface area contributed by atoms with Gasteiger partial charge in [0.1, 0.15) is 5.82 Å². The number of anilines is 2. The third kappa shape index (κ3) is 4.65. The predicted octanol–water partition coefficient (Wildman–Crippen LogP) is 3.37. The van der Waals surface area contributed by atoms with Crippen LogP contribution in [0.2, 0.25) is 0 Å². The number of ketones is 1. The zero-order valence-corrected chi connectivity index (χ0v) is 14.6. The number of hydrogen-bond acceptors (Lipinski definition) is 4. The normalized spacial score (nSPS) is 10.3. The molecular formula is C19H23N3O2. The number of Topliss-reactive ketones (excluding diaryl/α,β-unsaturated/α-hetero) is 1. The SMILES string of the molecule is Cc1ccc(C(=O)CCC(=O)Nc2ccc(N(C)C)nc2)cc1C. The highest BCUT2D eigenvalue weighted by Crippen LogP contribution is 2.14. The molecule has 0 aliphatic heterocycles. The first-order valence-electron chi connectivity index (χ1n) is 7.90. The Kier molecular flexibility index (Phi) is 5.68. The van der Waals surface area contributed by atoms with Crippen LogP contribution in [0, 0.1) is 13.8 Å². The molecule has 0 bridgehead atoms. The second-order valence-electron chi connectivity index (χ2n) is 6.07. The van der Waals surface area contributed by atoms with Gasteiger partial charge in [-0.1, -0.05) is 12.1 Å². The average molecular weight is 325 g/mol. The summed E-state index contributed by atoms with van der Waals surface area (Å²) in [5.41, 5.74) is 3.52. The fourth-order valence-electron chi connectivity index (χ4n) is 2.23. The number of benzene rings is 1. The number of nitrogens with zero attached hydrogens (tertiary/aromatic N) is 2. The number of hydrogen-bond donors (Lipinski definition) is 1. The van der Waals surface area contributed by atoms with Crippen molar-refractivity contribution in [3.63, 3.8) is 0 Å². The Balaban J connectivity index is 1.88. The minimum Gasteiger partial charge on any atom is -0.363 e. The van der Waals surface area contributed by atoms with E-state index in [2.05, 4.69) is 10.3 Å². The van der Waals surface area contributed by atoms with Crippen molar-refractivity contribution < 1.29 is 9.59 Å². The van der Waals surface area contributed by atoms with Crippen LogP contribution < -0.4 is 10.2 Å². The second kappa shape index (κ2) is 7.73. The highest BCUT2D eigenvalue weighted by Gasteiger charge is 2.10. The summed E-state index contributed by atoms with van der Waals surface area (Å²) in [6, 6.07) is 9.24. The highest BCUT2D eigenvalue weighted by atomic mass is 16.2. The molecule has 1 heterocycles. The molecule has 1 aromatic carbocycles. The lowest BCUT2D eigenvalue weighted by molar-refractivity contribution is -0.116. The lowest BCUT2D eigenvalue weighted by atomic mass is 10.0. The Morgan fingerprint density at radius 1 is 1.04 bits per heavy atom. The molecule has 0 unspecified atom stereocenters. The summed E-state index contributed by atoms with van der Waals surface area (Å²) in [6.07, 6.45) is 1.96. The van der Waals surface area contributed by atoms with E-state index in [1.807, 2.05) is 57.1 Å². The van der Waals surface area contributed by atoms with Crippen LogP contribution >= 0.6 is 0 Å². The van der Waals surface area contributed by atoms with Crippen LogP contribution in [0.1, 0.15) is 34.3 Å². The maximum absolute atomic E-state index is 12.2. The minimum absolute atomic E-state index is 0.0191. The van der Waals surface area contributed by atoms with Gasteiger partial charge in [0.15, 0.2) is 5.78 Å². The summed E-state index contributed by atoms with van der Waals surface area (Å²) in [4.78, 5) is 30.3. The molecule has 0 aliphatic carbocycles. The topological polar surface area (TPSA) is 62.3 Å². The molecule has 1 aromatic heterocycles. The van der Waals surface area contributed by atoms with Gasteiger partial charge in [0.05, 0.1) is 11.9 Å². The van der Waals surface area contributed by atoms with Crippen LogP contribution in [-0.4, -0.2) is 30.8 Å². The number of aromatic nitrogens is 1. The molecule has 2 rings (SSSR count). The molecule has 126 valence electrons. The second-order valence-corrected chi connectivity index (χ2v) is 6.07. The quantitative estimate of drug-likeness (QED) is 0.827. The van der Waals surface area contributed by atoms with E-state index in [-0.39, 0.29) is 24.5 Å². The number of pyridine rings is 1. The molecule has 0 spiro atoms. The molecule has 0 atom stereocenters. The van der Waals surface area contributed by atoms with Crippen molar-refractivity contribution in [1.29, 1.82) is 0 Å². The average Bonchev–Trinajstić information content (AvgIpc) is 2.55. The molecule has 5 nitrogen and oxygen atoms in total. The van der Waals surface area contributed by atoms with Crippen molar-refractivity contribution >= 4 is 23.2 Å². The highest BCUT2D eigenvalue weighted by molar-refractivity contribution is 6.00. The monoisotopic (exact) mass is 325 g/mol. The predicted molar refractivity (Wildman–Crippen MR) is 96.7 cm³/mol. The first kappa shape index (κ1) is 17.7. The standard InChI is InChI=1S/C19H23N3O2/c1-13-5-6-15(11-14(13)2)17(23)8-10-19(24)21-16-7-9-18(20-12-16)22(3)4/h5-7,9,11-12H,8,10H2,1-4H3,(H,21,24). The Bertz CT molecular complexity index is 737. The van der Waals surface area contributed by atoms with Crippen LogP contribution in [0.25, 0.3) is 0 Å². The van der Waals surface area contributed by atoms with Gasteiger partial charge in [0.25, 0.3) is 0 Å². The fraction of sp³-hybridized carbons (Fsp3) is 0.316. The zero-order valence-electron chi connectivity index (χ0n) is 14.6. The first-order chi connectivity index (χ1) is 11.4. The van der Waals surface area contributed by atoms with Crippen molar-refractivity contribution in [1.82, 2.24) is 4.98 Å². The molecule has 0 saturated carbocycles. The van der Waals surface area contributed by atoms with Crippen LogP contribution in [0.15, 0.2) is 36.5 Å². The molecular weight excluding hydrogens is 302 g/mol. The van der Waals surface area contributed by atoms with Gasteiger partial charge in [-0.25, -0.2) is 4.98 Å². The molecule has 0 radical (unpaired) electrons. The van der Waals surface area contributed by atoms with Gasteiger partial charge < -0.3 is 10.2 Å². The Labute approximate surface area is 142 Å². The van der Waals surface area contributed by atoms with Crippen LogP contribution in [-0.2, 0) is 4.79 Å². The van der Waals surface area contributed by atoms with Gasteiger partial charge in [-0.15, -0.1) is 0 Å². The minimum atomic E-state index is -0.188. The van der Waals surface area contributed by atoms with Crippen molar-refractivity contribution in [2.24, 2.45) is 0 Å². The summed E-state index contributed by atoms with van der Waals surface area (Å²) in [5, 5.41) is 2.76. The molecule has 0 aliphatic rings. The first-order valence-corrected chi connectivity index (χ1v) is 7.90. The van der Waals surface area contributed by atoms with Gasteiger partial charge in [-0.2, -0.15) is 0 Å². The van der Waals surface area contributed by atoms with Crippen molar-refractivity contribution in [2.45, 2.75) is 26.7 Å². The Morgan fingerprint density at radius 3 is 2.38 bits per heavy atom. The number of carbonyl (C=O) groups is 2. The molecule has 5 heteroatoms. The Morgan fingerprint density at radius 2 is 1.79 bits per heavy atom. The lowest BCUT2D eigenvalue weighted by Crippen LogP contribution is -2.14. The summed E-state index contributed by atoms with van der Waals surface area (Å²) in [7, 11) is 3.80. The molecule has 1 amide bonds. The van der Waals surface area contributed by atoms with Crippen molar-refractivity contribution in [3.8, 4) is 0 Å². The number of carbonyl (C=O) groups excluding carboxylic acids is 2. The van der Waals surface area contributed by atoms with Gasteiger partial charge in [0, 0.05) is 32.5 Å². The van der Waals surface area contributed by atoms with E-state index in [1.165, 1.54) is 0 Å². The van der Waals surface area contributed by atoms with Gasteiger partial charge in [-0.05, 0) is 43.2 Å². The smallest absolute Gasteiger partial charge is 0.224 e. The van der Waals surface area contributed by atoms with Crippen LogP contribution in [0.3, 0.4) is 0 Å². The van der Waals surface area contributed by atoms with E-state index in [0.29, 0.717) is 11.3 Å². The van der Waals surface area contributed by atoms with Crippen LogP contribution in [0.5, 0.6) is 0 Å². The van der Waals surface area contributed by atoms with Crippen LogP contribution in [0.4, 0.5) is 11.5 Å². The number of amides is 1. The largest absolute Gasteiger partial charge is 0.363 e. The van der Waals surface area contributed by atoms with Gasteiger partial charge in [0.2, 0.25) is 5.91 Å². The lowest BCUT2D eigenvalue weighted by Gasteiger charge is -2.11. The van der Waals surface area contributed by atoms with E-state index < -0.39 is 0 Å². The summed E-state index contributed by atoms with van der Waals surface area (Å²) in [6.45, 7) is 3.98. The zero-order chi connectivity index (χ0) is 17.7. The van der Waals surface area contributed by atoms with E-state index in [0.717, 1.165) is 16.9 Å². The maximum atomic E-state index is 12.2. The number of nitrogens with one attached hydrogen (secondary N) is 1. The number of rotatable bonds is 6. The molecule has 2 aromatic rings. The fourth-order valence-corrected chi connectivity index (χ4v) is 2.23. The van der Waals surface area contributed by atoms with Crippen molar-refractivity contribution in [3.05, 3.63) is 53.2 Å². The van der Waals surface area contributed by atoms with Gasteiger partial charge in [-0.3, -0.25) is 9.59 Å². The van der Waals surface area contributed by atoms with E-state index in [1.54, 1.807) is 12.3 Å². The van der Waals surface area contributed by atoms with E-state index >= 15 is 0 Å². The number of aryl methyl sites for hydroxylation is 2. The van der Waals surface area contributed by atoms with Crippen molar-refractivity contribution in [2.75, 3.05) is 24.3 Å². The van der Waals surface area contributed by atoms with E-state index in [4.69, 9.17) is 0 Å². The molecule has 1 N–H and O–H groups in total. The maximum Gasteiger partial charge on any atom is 0.224 e. The van der Waals surface area contributed by atoms with Gasteiger partial charge >= 0.3 is 0 Å².